The van der Waals surface area contributed by atoms with E-state index in [1.807, 2.05) is 4.90 Å². The fourth-order valence-corrected chi connectivity index (χ4v) is 3.32. The molecule has 0 N–H and O–H groups in total. The summed E-state index contributed by atoms with van der Waals surface area (Å²) < 4.78 is 7.70. The monoisotopic (exact) mass is 285 g/mol. The molecular formula is C16H19N3O2. The Bertz CT molecular complexity index is 669. The summed E-state index contributed by atoms with van der Waals surface area (Å²) in [6, 6.07) is 4.29. The van der Waals surface area contributed by atoms with Crippen LogP contribution in [0.2, 0.25) is 0 Å². The first kappa shape index (κ1) is 12.7. The normalized spacial score (nSPS) is 21.4. The molecule has 0 bridgehead atoms. The minimum atomic E-state index is 0.0185. The van der Waals surface area contributed by atoms with Crippen LogP contribution in [0.1, 0.15) is 60.1 Å². The Labute approximate surface area is 123 Å². The van der Waals surface area contributed by atoms with Gasteiger partial charge in [-0.05, 0) is 31.4 Å². The quantitative estimate of drug-likeness (QED) is 0.871. The number of nitrogens with zero attached hydrogens (tertiary/aromatic N) is 3. The summed E-state index contributed by atoms with van der Waals surface area (Å²) in [7, 11) is 0. The predicted octanol–water partition coefficient (Wildman–Crippen LogP) is 2.96. The van der Waals surface area contributed by atoms with E-state index in [0.29, 0.717) is 11.6 Å². The highest BCUT2D eigenvalue weighted by Crippen LogP contribution is 2.42. The Hall–Kier alpha value is -2.04. The Morgan fingerprint density at radius 2 is 2.29 bits per heavy atom. The molecule has 1 aliphatic heterocycles. The lowest BCUT2D eigenvalue weighted by Gasteiger charge is -2.36. The molecule has 1 saturated carbocycles. The van der Waals surface area contributed by atoms with Gasteiger partial charge in [0.2, 0.25) is 0 Å². The molecule has 0 spiro atoms. The van der Waals surface area contributed by atoms with Gasteiger partial charge in [0.1, 0.15) is 5.76 Å². The number of aromatic nitrogens is 2. The molecule has 2 aromatic rings. The highest BCUT2D eigenvalue weighted by molar-refractivity contribution is 5.93. The van der Waals surface area contributed by atoms with Crippen LogP contribution >= 0.6 is 0 Å². The van der Waals surface area contributed by atoms with Crippen molar-refractivity contribution in [3.8, 4) is 0 Å². The van der Waals surface area contributed by atoms with Crippen LogP contribution in [0.4, 0.5) is 0 Å². The van der Waals surface area contributed by atoms with E-state index >= 15 is 0 Å². The Morgan fingerprint density at radius 3 is 3.05 bits per heavy atom. The van der Waals surface area contributed by atoms with Gasteiger partial charge in [-0.2, -0.15) is 0 Å². The third kappa shape index (κ3) is 1.99. The second kappa shape index (κ2) is 4.76. The van der Waals surface area contributed by atoms with Crippen molar-refractivity contribution in [1.82, 2.24) is 14.5 Å². The van der Waals surface area contributed by atoms with Crippen LogP contribution in [0.5, 0.6) is 0 Å². The smallest absolute Gasteiger partial charge is 0.276 e. The van der Waals surface area contributed by atoms with Gasteiger partial charge in [-0.3, -0.25) is 4.79 Å². The minimum Gasteiger partial charge on any atom is -0.447 e. The first-order valence-corrected chi connectivity index (χ1v) is 7.69. The van der Waals surface area contributed by atoms with Crippen molar-refractivity contribution >= 4 is 5.91 Å². The molecule has 1 aliphatic carbocycles. The average Bonchev–Trinajstić information content (AvgIpc) is 3.04. The van der Waals surface area contributed by atoms with Crippen LogP contribution in [0.25, 0.3) is 0 Å². The van der Waals surface area contributed by atoms with Crippen LogP contribution in [-0.2, 0) is 6.54 Å². The number of fused-ring (bicyclic) bond motifs is 1. The van der Waals surface area contributed by atoms with Crippen LogP contribution in [-0.4, -0.2) is 26.9 Å². The van der Waals surface area contributed by atoms with Gasteiger partial charge in [0.25, 0.3) is 5.91 Å². The summed E-state index contributed by atoms with van der Waals surface area (Å²) in [5.74, 6) is 1.21. The Kier molecular flexibility index (Phi) is 2.87. The van der Waals surface area contributed by atoms with Crippen LogP contribution in [0.15, 0.2) is 29.1 Å². The van der Waals surface area contributed by atoms with Gasteiger partial charge in [-0.15, -0.1) is 0 Å². The SMILES string of the molecule is CCC1c2cccn2CCN1C(=O)c1ncoc1C1CC1. The van der Waals surface area contributed by atoms with Crippen molar-refractivity contribution in [1.29, 1.82) is 0 Å². The average molecular weight is 285 g/mol. The lowest BCUT2D eigenvalue weighted by molar-refractivity contribution is 0.0610. The maximum Gasteiger partial charge on any atom is 0.276 e. The molecule has 3 heterocycles. The molecule has 5 nitrogen and oxygen atoms in total. The second-order valence-electron chi connectivity index (χ2n) is 5.89. The first-order chi connectivity index (χ1) is 10.3. The lowest BCUT2D eigenvalue weighted by atomic mass is 10.1. The van der Waals surface area contributed by atoms with Gasteiger partial charge >= 0.3 is 0 Å². The molecule has 2 aromatic heterocycles. The third-order valence-corrected chi connectivity index (χ3v) is 4.56. The molecule has 1 unspecified atom stereocenters. The predicted molar refractivity (Wildman–Crippen MR) is 77.0 cm³/mol. The summed E-state index contributed by atoms with van der Waals surface area (Å²) in [5, 5.41) is 0. The molecule has 1 fully saturated rings. The van der Waals surface area contributed by atoms with Crippen molar-refractivity contribution in [2.24, 2.45) is 0 Å². The molecule has 0 radical (unpaired) electrons. The fourth-order valence-electron chi connectivity index (χ4n) is 3.32. The molecule has 1 atom stereocenters. The number of oxazole rings is 1. The van der Waals surface area contributed by atoms with Gasteiger partial charge in [0, 0.05) is 30.9 Å². The van der Waals surface area contributed by atoms with E-state index in [2.05, 4.69) is 34.8 Å². The largest absolute Gasteiger partial charge is 0.447 e. The van der Waals surface area contributed by atoms with E-state index in [9.17, 15) is 4.79 Å². The van der Waals surface area contributed by atoms with Crippen molar-refractivity contribution < 1.29 is 9.21 Å². The van der Waals surface area contributed by atoms with Crippen molar-refractivity contribution in [3.63, 3.8) is 0 Å². The molecule has 0 aromatic carbocycles. The van der Waals surface area contributed by atoms with E-state index in [0.717, 1.165) is 38.1 Å². The zero-order valence-electron chi connectivity index (χ0n) is 12.2. The molecule has 2 aliphatic rings. The highest BCUT2D eigenvalue weighted by Gasteiger charge is 2.37. The Balaban J connectivity index is 1.66. The zero-order valence-corrected chi connectivity index (χ0v) is 12.2. The molecule has 1 amide bonds. The summed E-state index contributed by atoms with van der Waals surface area (Å²) in [6.45, 7) is 3.70. The van der Waals surface area contributed by atoms with E-state index in [-0.39, 0.29) is 11.9 Å². The number of hydrogen-bond donors (Lipinski definition) is 0. The number of hydrogen-bond acceptors (Lipinski definition) is 3. The summed E-state index contributed by atoms with van der Waals surface area (Å²) in [6.07, 6.45) is 6.62. The number of amides is 1. The van der Waals surface area contributed by atoms with Gasteiger partial charge in [-0.1, -0.05) is 6.92 Å². The number of carbonyl (C=O) groups excluding carboxylic acids is 1. The molecule has 4 rings (SSSR count). The van der Waals surface area contributed by atoms with Crippen LogP contribution in [0.3, 0.4) is 0 Å². The van der Waals surface area contributed by atoms with Crippen LogP contribution < -0.4 is 0 Å². The number of carbonyl (C=O) groups is 1. The first-order valence-electron chi connectivity index (χ1n) is 7.69. The molecular weight excluding hydrogens is 266 g/mol. The standard InChI is InChI=1S/C16H19N3O2/c1-2-12-13-4-3-7-18(13)8-9-19(12)16(20)14-15(11-5-6-11)21-10-17-14/h3-4,7,10-12H,2,5-6,8-9H2,1H3. The van der Waals surface area contributed by atoms with Crippen LogP contribution in [0, 0.1) is 0 Å². The zero-order chi connectivity index (χ0) is 14.4. The minimum absolute atomic E-state index is 0.0185. The van der Waals surface area contributed by atoms with Gasteiger partial charge in [0.15, 0.2) is 12.1 Å². The molecule has 110 valence electrons. The van der Waals surface area contributed by atoms with E-state index in [4.69, 9.17) is 4.42 Å². The maximum atomic E-state index is 12.9. The van der Waals surface area contributed by atoms with Crippen molar-refractivity contribution in [2.45, 2.75) is 44.7 Å². The third-order valence-electron chi connectivity index (χ3n) is 4.56. The van der Waals surface area contributed by atoms with Gasteiger partial charge in [-0.25, -0.2) is 4.98 Å². The van der Waals surface area contributed by atoms with E-state index in [1.165, 1.54) is 12.1 Å². The lowest BCUT2D eigenvalue weighted by Crippen LogP contribution is -2.42. The van der Waals surface area contributed by atoms with E-state index < -0.39 is 0 Å². The molecule has 21 heavy (non-hydrogen) atoms. The van der Waals surface area contributed by atoms with Crippen molar-refractivity contribution in [2.75, 3.05) is 6.54 Å². The summed E-state index contributed by atoms with van der Waals surface area (Å²) >= 11 is 0. The maximum absolute atomic E-state index is 12.9. The summed E-state index contributed by atoms with van der Waals surface area (Å²) in [4.78, 5) is 19.1. The van der Waals surface area contributed by atoms with Gasteiger partial charge < -0.3 is 13.9 Å². The fraction of sp³-hybridized carbons (Fsp3) is 0.500. The van der Waals surface area contributed by atoms with E-state index in [1.54, 1.807) is 0 Å². The summed E-state index contributed by atoms with van der Waals surface area (Å²) in [5.41, 5.74) is 1.74. The second-order valence-corrected chi connectivity index (χ2v) is 5.89. The number of rotatable bonds is 3. The Morgan fingerprint density at radius 1 is 1.43 bits per heavy atom. The molecule has 0 saturated heterocycles. The van der Waals surface area contributed by atoms with Gasteiger partial charge in [0.05, 0.1) is 6.04 Å². The highest BCUT2D eigenvalue weighted by atomic mass is 16.3. The van der Waals surface area contributed by atoms with Crippen molar-refractivity contribution in [3.05, 3.63) is 41.9 Å². The topological polar surface area (TPSA) is 51.3 Å². The molecule has 5 heteroatoms.